The molecule has 0 amide bonds. The van der Waals surface area contributed by atoms with Gasteiger partial charge in [0.25, 0.3) is 0 Å². The van der Waals surface area contributed by atoms with Crippen LogP contribution >= 0.6 is 11.6 Å². The molecule has 0 aliphatic heterocycles. The van der Waals surface area contributed by atoms with Gasteiger partial charge in [0.2, 0.25) is 0 Å². The maximum Gasteiger partial charge on any atom is 0.0908 e. The van der Waals surface area contributed by atoms with Crippen molar-refractivity contribution in [1.82, 2.24) is 0 Å². The normalized spacial score (nSPS) is 16.9. The van der Waals surface area contributed by atoms with E-state index in [9.17, 15) is 0 Å². The quantitative estimate of drug-likeness (QED) is 0.652. The van der Waals surface area contributed by atoms with Crippen LogP contribution in [0.5, 0.6) is 0 Å². The van der Waals surface area contributed by atoms with E-state index < -0.39 is 6.10 Å². The molecule has 1 N–H and O–H groups in total. The van der Waals surface area contributed by atoms with Crippen molar-refractivity contribution >= 4 is 11.6 Å². The predicted molar refractivity (Wildman–Crippen MR) is 47.0 cm³/mol. The van der Waals surface area contributed by atoms with Crippen LogP contribution in [0, 0.1) is 5.92 Å². The van der Waals surface area contributed by atoms with Gasteiger partial charge in [-0.05, 0) is 12.8 Å². The van der Waals surface area contributed by atoms with Crippen LogP contribution in [0.2, 0.25) is 0 Å². The molecule has 11 heavy (non-hydrogen) atoms. The first-order valence-electron chi connectivity index (χ1n) is 3.93. The minimum absolute atomic E-state index is 0.188. The van der Waals surface area contributed by atoms with Gasteiger partial charge in [0, 0.05) is 0 Å². The summed E-state index contributed by atoms with van der Waals surface area (Å²) in [5.41, 5.74) is 0. The van der Waals surface area contributed by atoms with Gasteiger partial charge in [-0.25, -0.2) is 0 Å². The van der Waals surface area contributed by atoms with Crippen LogP contribution in [0.3, 0.4) is 0 Å². The summed E-state index contributed by atoms with van der Waals surface area (Å²) in [6, 6.07) is 0. The lowest BCUT2D eigenvalue weighted by Crippen LogP contribution is -2.23. The highest BCUT2D eigenvalue weighted by Crippen LogP contribution is 2.05. The topological polar surface area (TPSA) is 29.5 Å². The lowest BCUT2D eigenvalue weighted by Gasteiger charge is -2.17. The summed E-state index contributed by atoms with van der Waals surface area (Å²) >= 11 is 5.39. The van der Waals surface area contributed by atoms with Crippen LogP contribution in [-0.4, -0.2) is 29.8 Å². The van der Waals surface area contributed by atoms with Crippen LogP contribution in [0.4, 0.5) is 0 Å². The number of hydrogen-bond donors (Lipinski definition) is 1. The number of aliphatic hydroxyl groups is 1. The maximum atomic E-state index is 9.03. The van der Waals surface area contributed by atoms with Crippen molar-refractivity contribution in [2.24, 2.45) is 5.92 Å². The molecule has 2 unspecified atom stereocenters. The fourth-order valence-electron chi connectivity index (χ4n) is 0.500. The van der Waals surface area contributed by atoms with Gasteiger partial charge in [-0.2, -0.15) is 0 Å². The Morgan fingerprint density at radius 1 is 1.36 bits per heavy atom. The van der Waals surface area contributed by atoms with Gasteiger partial charge in [0.1, 0.15) is 0 Å². The molecule has 0 bridgehead atoms. The first kappa shape index (κ1) is 11.2. The zero-order valence-electron chi connectivity index (χ0n) is 7.38. The van der Waals surface area contributed by atoms with E-state index in [1.807, 2.05) is 6.92 Å². The SMILES string of the molecule is CC(C)C(C)OCC(O)CCl. The van der Waals surface area contributed by atoms with Gasteiger partial charge in [0.05, 0.1) is 24.7 Å². The van der Waals surface area contributed by atoms with Gasteiger partial charge in [-0.3, -0.25) is 0 Å². The molecule has 68 valence electrons. The van der Waals surface area contributed by atoms with Gasteiger partial charge in [0.15, 0.2) is 0 Å². The molecule has 0 saturated heterocycles. The van der Waals surface area contributed by atoms with Crippen molar-refractivity contribution in [3.8, 4) is 0 Å². The van der Waals surface area contributed by atoms with Gasteiger partial charge >= 0.3 is 0 Å². The Morgan fingerprint density at radius 2 is 1.91 bits per heavy atom. The summed E-state index contributed by atoms with van der Waals surface area (Å²) in [6.45, 7) is 6.49. The van der Waals surface area contributed by atoms with Crippen molar-refractivity contribution in [3.63, 3.8) is 0 Å². The number of rotatable bonds is 5. The van der Waals surface area contributed by atoms with E-state index in [1.165, 1.54) is 0 Å². The van der Waals surface area contributed by atoms with Crippen LogP contribution in [0.15, 0.2) is 0 Å². The summed E-state index contributed by atoms with van der Waals surface area (Å²) in [5.74, 6) is 0.725. The summed E-state index contributed by atoms with van der Waals surface area (Å²) in [5, 5.41) is 9.03. The van der Waals surface area contributed by atoms with E-state index in [-0.39, 0.29) is 12.0 Å². The Balaban J connectivity index is 3.37. The maximum absolute atomic E-state index is 9.03. The van der Waals surface area contributed by atoms with Crippen LogP contribution in [-0.2, 0) is 4.74 Å². The lowest BCUT2D eigenvalue weighted by molar-refractivity contribution is -0.0126. The first-order chi connectivity index (χ1) is 5.07. The Hall–Kier alpha value is 0.210. The molecule has 0 spiro atoms. The highest BCUT2D eigenvalue weighted by atomic mass is 35.5. The standard InChI is InChI=1S/C8H17ClO2/c1-6(2)7(3)11-5-8(10)4-9/h6-8,10H,4-5H2,1-3H3. The van der Waals surface area contributed by atoms with Gasteiger partial charge < -0.3 is 9.84 Å². The Bertz CT molecular complexity index is 96.1. The summed E-state index contributed by atoms with van der Waals surface area (Å²) in [6.07, 6.45) is -0.342. The van der Waals surface area contributed by atoms with E-state index >= 15 is 0 Å². The molecule has 0 aliphatic rings. The van der Waals surface area contributed by atoms with Crippen LogP contribution in [0.25, 0.3) is 0 Å². The summed E-state index contributed by atoms with van der Waals surface area (Å²) in [7, 11) is 0. The third-order valence-corrected chi connectivity index (χ3v) is 2.02. The smallest absolute Gasteiger partial charge is 0.0908 e. The van der Waals surface area contributed by atoms with Crippen LogP contribution < -0.4 is 0 Å². The fourth-order valence-corrected chi connectivity index (χ4v) is 0.589. The monoisotopic (exact) mass is 180 g/mol. The molecule has 0 aliphatic carbocycles. The second-order valence-electron chi connectivity index (χ2n) is 3.09. The number of ether oxygens (including phenoxy) is 1. The molecule has 0 fully saturated rings. The molecule has 3 heteroatoms. The molecule has 0 heterocycles. The molecule has 0 saturated carbocycles. The number of aliphatic hydroxyl groups excluding tert-OH is 1. The molecule has 2 atom stereocenters. The third kappa shape index (κ3) is 5.48. The van der Waals surface area contributed by atoms with Gasteiger partial charge in [-0.15, -0.1) is 11.6 Å². The molecule has 2 nitrogen and oxygen atoms in total. The zero-order valence-corrected chi connectivity index (χ0v) is 8.14. The molecule has 0 aromatic rings. The highest BCUT2D eigenvalue weighted by Gasteiger charge is 2.09. The van der Waals surface area contributed by atoms with E-state index in [0.717, 1.165) is 0 Å². The Labute approximate surface area is 73.5 Å². The largest absolute Gasteiger partial charge is 0.389 e. The second kappa shape index (κ2) is 5.81. The van der Waals surface area contributed by atoms with E-state index in [4.69, 9.17) is 21.4 Å². The first-order valence-corrected chi connectivity index (χ1v) is 4.47. The average molecular weight is 181 g/mol. The van der Waals surface area contributed by atoms with Crippen LogP contribution in [0.1, 0.15) is 20.8 Å². The summed E-state index contributed by atoms with van der Waals surface area (Å²) < 4.78 is 5.32. The van der Waals surface area contributed by atoms with Crippen molar-refractivity contribution in [1.29, 1.82) is 0 Å². The van der Waals surface area contributed by atoms with E-state index in [2.05, 4.69) is 13.8 Å². The number of halogens is 1. The van der Waals surface area contributed by atoms with Crippen molar-refractivity contribution in [2.45, 2.75) is 33.0 Å². The predicted octanol–water partition coefficient (Wildman–Crippen LogP) is 1.65. The zero-order chi connectivity index (χ0) is 8.85. The van der Waals surface area contributed by atoms with Crippen molar-refractivity contribution in [2.75, 3.05) is 12.5 Å². The minimum atomic E-state index is -0.530. The van der Waals surface area contributed by atoms with E-state index in [1.54, 1.807) is 0 Å². The Morgan fingerprint density at radius 3 is 2.27 bits per heavy atom. The van der Waals surface area contributed by atoms with Gasteiger partial charge in [-0.1, -0.05) is 13.8 Å². The third-order valence-electron chi connectivity index (χ3n) is 1.67. The Kier molecular flexibility index (Phi) is 5.92. The average Bonchev–Trinajstić information content (AvgIpc) is 1.99. The molecule has 0 aromatic heterocycles. The summed E-state index contributed by atoms with van der Waals surface area (Å²) in [4.78, 5) is 0. The molecular weight excluding hydrogens is 164 g/mol. The number of alkyl halides is 1. The highest BCUT2D eigenvalue weighted by molar-refractivity contribution is 6.18. The molecule has 0 rings (SSSR count). The lowest BCUT2D eigenvalue weighted by atomic mass is 10.1. The molecule has 0 aromatic carbocycles. The molecular formula is C8H17ClO2. The van der Waals surface area contributed by atoms with Crippen molar-refractivity contribution in [3.05, 3.63) is 0 Å². The van der Waals surface area contributed by atoms with E-state index in [0.29, 0.717) is 12.5 Å². The van der Waals surface area contributed by atoms with Crippen molar-refractivity contribution < 1.29 is 9.84 Å². The second-order valence-corrected chi connectivity index (χ2v) is 3.40. The fraction of sp³-hybridized carbons (Fsp3) is 1.00. The number of hydrogen-bond acceptors (Lipinski definition) is 2. The molecule has 0 radical (unpaired) electrons. The minimum Gasteiger partial charge on any atom is -0.389 e.